The van der Waals surface area contributed by atoms with Crippen LogP contribution in [0.15, 0.2) is 10.6 Å². The van der Waals surface area contributed by atoms with Crippen LogP contribution in [-0.4, -0.2) is 15.2 Å². The minimum atomic E-state index is 0.190. The Kier molecular flexibility index (Phi) is 1.41. The van der Waals surface area contributed by atoms with Gasteiger partial charge >= 0.3 is 0 Å². The van der Waals surface area contributed by atoms with Crippen molar-refractivity contribution in [2.45, 2.75) is 19.3 Å². The summed E-state index contributed by atoms with van der Waals surface area (Å²) < 4.78 is 5.24. The molecule has 0 radical (unpaired) electrons. The molecule has 2 heterocycles. The van der Waals surface area contributed by atoms with Crippen molar-refractivity contribution in [1.82, 2.24) is 15.2 Å². The highest BCUT2D eigenvalue weighted by atomic mass is 16.4. The lowest BCUT2D eigenvalue weighted by atomic mass is 10.2. The van der Waals surface area contributed by atoms with Gasteiger partial charge in [-0.3, -0.25) is 5.10 Å². The van der Waals surface area contributed by atoms with Crippen molar-refractivity contribution >= 4 is 6.01 Å². The number of oxazole rings is 1. The van der Waals surface area contributed by atoms with Crippen molar-refractivity contribution in [2.75, 3.05) is 5.73 Å². The van der Waals surface area contributed by atoms with Crippen molar-refractivity contribution in [3.05, 3.63) is 17.5 Å². The maximum atomic E-state index is 5.41. The molecule has 0 aromatic carbocycles. The number of nitrogens with two attached hydrogens (primary N) is 1. The number of aromatic amines is 1. The molecular weight excluding hydrogens is 180 g/mol. The Labute approximate surface area is 80.3 Å². The molecular formula is C9H10N4O. The van der Waals surface area contributed by atoms with Crippen LogP contribution in [0.2, 0.25) is 0 Å². The third-order valence-electron chi connectivity index (χ3n) is 2.56. The maximum absolute atomic E-state index is 5.41. The minimum absolute atomic E-state index is 0.190. The van der Waals surface area contributed by atoms with Gasteiger partial charge < -0.3 is 10.2 Å². The molecule has 14 heavy (non-hydrogen) atoms. The molecule has 5 nitrogen and oxygen atoms in total. The summed E-state index contributed by atoms with van der Waals surface area (Å²) in [7, 11) is 0. The van der Waals surface area contributed by atoms with Crippen molar-refractivity contribution in [3.63, 3.8) is 0 Å². The molecule has 72 valence electrons. The Morgan fingerprint density at radius 2 is 2.36 bits per heavy atom. The largest absolute Gasteiger partial charge is 0.422 e. The van der Waals surface area contributed by atoms with E-state index in [0.717, 1.165) is 18.5 Å². The molecule has 0 spiro atoms. The Hall–Kier alpha value is -1.78. The fraction of sp³-hybridized carbons (Fsp3) is 0.333. The third-order valence-corrected chi connectivity index (χ3v) is 2.56. The van der Waals surface area contributed by atoms with Gasteiger partial charge in [0.2, 0.25) is 0 Å². The number of aromatic nitrogens is 3. The lowest BCUT2D eigenvalue weighted by molar-refractivity contribution is 0.591. The number of anilines is 1. The van der Waals surface area contributed by atoms with Gasteiger partial charge in [-0.1, -0.05) is 0 Å². The Balaban J connectivity index is 2.12. The van der Waals surface area contributed by atoms with Crippen LogP contribution in [0.25, 0.3) is 11.5 Å². The van der Waals surface area contributed by atoms with E-state index in [0.29, 0.717) is 5.76 Å². The number of rotatable bonds is 1. The number of aryl methyl sites for hydroxylation is 1. The van der Waals surface area contributed by atoms with Gasteiger partial charge in [0.15, 0.2) is 5.76 Å². The van der Waals surface area contributed by atoms with Gasteiger partial charge in [0.1, 0.15) is 5.69 Å². The predicted molar refractivity (Wildman–Crippen MR) is 50.5 cm³/mol. The summed E-state index contributed by atoms with van der Waals surface area (Å²) in [6.45, 7) is 0. The van der Waals surface area contributed by atoms with Crippen LogP contribution in [0.1, 0.15) is 17.7 Å². The number of nitrogens with zero attached hydrogens (tertiary/aromatic N) is 2. The van der Waals surface area contributed by atoms with Gasteiger partial charge in [0.05, 0.1) is 6.20 Å². The highest BCUT2D eigenvalue weighted by molar-refractivity contribution is 5.59. The van der Waals surface area contributed by atoms with Gasteiger partial charge in [-0.2, -0.15) is 5.10 Å². The lowest BCUT2D eigenvalue weighted by Crippen LogP contribution is -1.82. The maximum Gasteiger partial charge on any atom is 0.292 e. The average molecular weight is 190 g/mol. The SMILES string of the molecule is Nc1ncc(-c2n[nH]c3c2CCC3)o1. The van der Waals surface area contributed by atoms with E-state index in [-0.39, 0.29) is 6.01 Å². The molecule has 1 aliphatic rings. The van der Waals surface area contributed by atoms with Gasteiger partial charge in [0.25, 0.3) is 6.01 Å². The van der Waals surface area contributed by atoms with Crippen LogP contribution in [-0.2, 0) is 12.8 Å². The lowest BCUT2D eigenvalue weighted by Gasteiger charge is -1.92. The normalized spacial score (nSPS) is 14.6. The molecule has 0 atom stereocenters. The molecule has 2 aromatic rings. The van der Waals surface area contributed by atoms with Crippen LogP contribution in [0.3, 0.4) is 0 Å². The Morgan fingerprint density at radius 3 is 3.14 bits per heavy atom. The number of H-pyrrole nitrogens is 1. The number of hydrogen-bond donors (Lipinski definition) is 2. The quantitative estimate of drug-likeness (QED) is 0.706. The standard InChI is InChI=1S/C9H10N4O/c10-9-11-4-7(14-9)8-5-2-1-3-6(5)12-13-8/h4H,1-3H2,(H2,10,11)(H,12,13). The van der Waals surface area contributed by atoms with Gasteiger partial charge in [-0.25, -0.2) is 4.98 Å². The number of nitrogen functional groups attached to an aromatic ring is 1. The highest BCUT2D eigenvalue weighted by Gasteiger charge is 2.21. The Morgan fingerprint density at radius 1 is 1.43 bits per heavy atom. The van der Waals surface area contributed by atoms with Gasteiger partial charge in [0, 0.05) is 11.3 Å². The van der Waals surface area contributed by atoms with E-state index in [4.69, 9.17) is 10.2 Å². The van der Waals surface area contributed by atoms with Crippen molar-refractivity contribution in [2.24, 2.45) is 0 Å². The average Bonchev–Trinajstić information content (AvgIpc) is 2.77. The first-order chi connectivity index (χ1) is 6.84. The summed E-state index contributed by atoms with van der Waals surface area (Å²) in [5.74, 6) is 0.655. The third kappa shape index (κ3) is 0.951. The minimum Gasteiger partial charge on any atom is -0.422 e. The van der Waals surface area contributed by atoms with Gasteiger partial charge in [-0.15, -0.1) is 0 Å². The van der Waals surface area contributed by atoms with E-state index in [9.17, 15) is 0 Å². The topological polar surface area (TPSA) is 80.7 Å². The molecule has 0 bridgehead atoms. The second-order valence-corrected chi connectivity index (χ2v) is 3.45. The number of fused-ring (bicyclic) bond motifs is 1. The highest BCUT2D eigenvalue weighted by Crippen LogP contribution is 2.30. The first-order valence-corrected chi connectivity index (χ1v) is 4.62. The summed E-state index contributed by atoms with van der Waals surface area (Å²) >= 11 is 0. The molecule has 0 amide bonds. The summed E-state index contributed by atoms with van der Waals surface area (Å²) in [5, 5.41) is 7.22. The van der Waals surface area contributed by atoms with Crippen molar-refractivity contribution in [1.29, 1.82) is 0 Å². The number of nitrogens with one attached hydrogen (secondary N) is 1. The fourth-order valence-corrected chi connectivity index (χ4v) is 1.92. The van der Waals surface area contributed by atoms with E-state index in [2.05, 4.69) is 15.2 Å². The van der Waals surface area contributed by atoms with Crippen molar-refractivity contribution in [3.8, 4) is 11.5 Å². The molecule has 0 fully saturated rings. The number of hydrogen-bond acceptors (Lipinski definition) is 4. The second kappa shape index (κ2) is 2.60. The molecule has 3 N–H and O–H groups in total. The van der Waals surface area contributed by atoms with Crippen molar-refractivity contribution < 1.29 is 4.42 Å². The van der Waals surface area contributed by atoms with E-state index in [1.165, 1.54) is 17.7 Å². The molecule has 0 aliphatic heterocycles. The van der Waals surface area contributed by atoms with E-state index in [1.54, 1.807) is 6.20 Å². The first kappa shape index (κ1) is 7.61. The van der Waals surface area contributed by atoms with E-state index in [1.807, 2.05) is 0 Å². The summed E-state index contributed by atoms with van der Waals surface area (Å²) in [6.07, 6.45) is 4.93. The van der Waals surface area contributed by atoms with Crippen LogP contribution >= 0.6 is 0 Å². The summed E-state index contributed by atoms with van der Waals surface area (Å²) in [4.78, 5) is 3.86. The van der Waals surface area contributed by atoms with Gasteiger partial charge in [-0.05, 0) is 19.3 Å². The first-order valence-electron chi connectivity index (χ1n) is 4.62. The van der Waals surface area contributed by atoms with Crippen LogP contribution in [0, 0.1) is 0 Å². The smallest absolute Gasteiger partial charge is 0.292 e. The van der Waals surface area contributed by atoms with Crippen LogP contribution in [0.4, 0.5) is 6.01 Å². The molecule has 5 heteroatoms. The molecule has 2 aromatic heterocycles. The Bertz CT molecular complexity index is 471. The van der Waals surface area contributed by atoms with Crippen LogP contribution in [0.5, 0.6) is 0 Å². The molecule has 1 aliphatic carbocycles. The molecule has 0 saturated heterocycles. The van der Waals surface area contributed by atoms with E-state index < -0.39 is 0 Å². The van der Waals surface area contributed by atoms with Crippen LogP contribution < -0.4 is 5.73 Å². The fourth-order valence-electron chi connectivity index (χ4n) is 1.92. The second-order valence-electron chi connectivity index (χ2n) is 3.45. The zero-order valence-electron chi connectivity index (χ0n) is 7.58. The zero-order valence-corrected chi connectivity index (χ0v) is 7.58. The summed E-state index contributed by atoms with van der Waals surface area (Å²) in [6, 6.07) is 0.190. The molecule has 3 rings (SSSR count). The zero-order chi connectivity index (χ0) is 9.54. The van der Waals surface area contributed by atoms with E-state index >= 15 is 0 Å². The predicted octanol–water partition coefficient (Wildman–Crippen LogP) is 1.14. The molecule has 0 unspecified atom stereocenters. The summed E-state index contributed by atoms with van der Waals surface area (Å²) in [5.41, 5.74) is 8.75. The molecule has 0 saturated carbocycles. The monoisotopic (exact) mass is 190 g/mol.